The van der Waals surface area contributed by atoms with Crippen molar-refractivity contribution in [2.45, 2.75) is 31.8 Å². The molecule has 2 rings (SSSR count). The first-order valence-corrected chi connectivity index (χ1v) is 9.37. The minimum absolute atomic E-state index is 0.463. The predicted molar refractivity (Wildman–Crippen MR) is 97.1 cm³/mol. The molecule has 0 radical (unpaired) electrons. The van der Waals surface area contributed by atoms with Gasteiger partial charge in [0.2, 0.25) is 0 Å². The van der Waals surface area contributed by atoms with E-state index in [9.17, 15) is 9.90 Å². The van der Waals surface area contributed by atoms with Gasteiger partial charge in [-0.1, -0.05) is 30.3 Å². The van der Waals surface area contributed by atoms with E-state index < -0.39 is 12.0 Å². The van der Waals surface area contributed by atoms with E-state index in [-0.39, 0.29) is 0 Å². The maximum atomic E-state index is 11.2. The van der Waals surface area contributed by atoms with Crippen molar-refractivity contribution in [1.82, 2.24) is 15.3 Å². The second kappa shape index (κ2) is 10.1. The molecule has 1 aromatic carbocycles. The summed E-state index contributed by atoms with van der Waals surface area (Å²) < 4.78 is 0. The van der Waals surface area contributed by atoms with Gasteiger partial charge in [0.1, 0.15) is 11.9 Å². The highest BCUT2D eigenvalue weighted by atomic mass is 32.2. The third-order valence-corrected chi connectivity index (χ3v) is 4.34. The van der Waals surface area contributed by atoms with Crippen molar-refractivity contribution in [3.8, 4) is 0 Å². The molecule has 0 spiro atoms. The molecule has 128 valence electrons. The number of carbonyl (C=O) groups is 1. The van der Waals surface area contributed by atoms with Gasteiger partial charge < -0.3 is 10.4 Å². The highest BCUT2D eigenvalue weighted by Crippen LogP contribution is 2.06. The minimum atomic E-state index is -0.815. The first-order valence-electron chi connectivity index (χ1n) is 7.98. The summed E-state index contributed by atoms with van der Waals surface area (Å²) in [6, 6.07) is 9.72. The van der Waals surface area contributed by atoms with Crippen LogP contribution in [0.4, 0.5) is 0 Å². The highest BCUT2D eigenvalue weighted by molar-refractivity contribution is 7.98. The van der Waals surface area contributed by atoms with Crippen molar-refractivity contribution in [2.24, 2.45) is 0 Å². The lowest BCUT2D eigenvalue weighted by atomic mass is 10.1. The van der Waals surface area contributed by atoms with Crippen LogP contribution in [0, 0.1) is 0 Å². The van der Waals surface area contributed by atoms with Gasteiger partial charge in [-0.25, -0.2) is 9.97 Å². The fourth-order valence-electron chi connectivity index (χ4n) is 2.29. The summed E-state index contributed by atoms with van der Waals surface area (Å²) in [6.45, 7) is 0.463. The Bertz CT molecular complexity index is 620. The van der Waals surface area contributed by atoms with E-state index >= 15 is 0 Å². The quantitative estimate of drug-likeness (QED) is 0.689. The largest absolute Gasteiger partial charge is 0.480 e. The van der Waals surface area contributed by atoms with Gasteiger partial charge in [-0.15, -0.1) is 0 Å². The van der Waals surface area contributed by atoms with Crippen LogP contribution in [0.25, 0.3) is 0 Å². The average Bonchev–Trinajstić information content (AvgIpc) is 2.61. The number of hydrogen-bond donors (Lipinski definition) is 2. The molecule has 1 aromatic heterocycles. The smallest absolute Gasteiger partial charge is 0.320 e. The van der Waals surface area contributed by atoms with Crippen LogP contribution in [0.3, 0.4) is 0 Å². The Kier molecular flexibility index (Phi) is 7.71. The topological polar surface area (TPSA) is 75.1 Å². The lowest BCUT2D eigenvalue weighted by molar-refractivity contribution is -0.139. The molecule has 2 N–H and O–H groups in total. The number of carboxylic acids is 1. The number of nitrogens with zero attached hydrogens (tertiary/aromatic N) is 2. The Morgan fingerprint density at radius 3 is 2.50 bits per heavy atom. The Labute approximate surface area is 146 Å². The number of hydrogen-bond acceptors (Lipinski definition) is 5. The number of aryl methyl sites for hydroxylation is 2. The third-order valence-electron chi connectivity index (χ3n) is 3.70. The summed E-state index contributed by atoms with van der Waals surface area (Å²) in [5, 5.41) is 12.3. The number of carboxylic acid groups (broad SMARTS) is 1. The normalized spacial score (nSPS) is 12.0. The Morgan fingerprint density at radius 1 is 1.17 bits per heavy atom. The monoisotopic (exact) mass is 345 g/mol. The molecule has 0 bridgehead atoms. The molecule has 0 amide bonds. The molecule has 1 unspecified atom stereocenters. The van der Waals surface area contributed by atoms with Crippen molar-refractivity contribution in [1.29, 1.82) is 0 Å². The predicted octanol–water partition coefficient (Wildman–Crippen LogP) is 2.56. The summed E-state index contributed by atoms with van der Waals surface area (Å²) >= 11 is 1.65. The highest BCUT2D eigenvalue weighted by Gasteiger charge is 2.15. The average molecular weight is 345 g/mol. The van der Waals surface area contributed by atoms with E-state index in [0.29, 0.717) is 13.0 Å². The molecule has 0 aliphatic carbocycles. The van der Waals surface area contributed by atoms with Gasteiger partial charge in [-0.05, 0) is 30.4 Å². The molecular formula is C18H23N3O2S. The second-order valence-corrected chi connectivity index (χ2v) is 6.53. The van der Waals surface area contributed by atoms with Gasteiger partial charge in [-0.3, -0.25) is 4.79 Å². The molecule has 0 saturated carbocycles. The van der Waals surface area contributed by atoms with Crippen LogP contribution in [0.5, 0.6) is 0 Å². The summed E-state index contributed by atoms with van der Waals surface area (Å²) in [5.74, 6) is 0.808. The fourth-order valence-corrected chi connectivity index (χ4v) is 2.76. The van der Waals surface area contributed by atoms with Crippen LogP contribution in [-0.2, 0) is 24.2 Å². The molecule has 0 aliphatic rings. The number of rotatable bonds is 10. The second-order valence-electron chi connectivity index (χ2n) is 5.55. The van der Waals surface area contributed by atoms with Crippen molar-refractivity contribution in [3.63, 3.8) is 0 Å². The Morgan fingerprint density at radius 2 is 1.88 bits per heavy atom. The zero-order valence-electron chi connectivity index (χ0n) is 13.8. The van der Waals surface area contributed by atoms with Gasteiger partial charge in [0, 0.05) is 30.9 Å². The van der Waals surface area contributed by atoms with Crippen LogP contribution in [0.15, 0.2) is 42.7 Å². The van der Waals surface area contributed by atoms with Crippen LogP contribution in [0.1, 0.15) is 23.4 Å². The first-order chi connectivity index (χ1) is 11.7. The summed E-state index contributed by atoms with van der Waals surface area (Å²) in [6.07, 6.45) is 7.83. The molecule has 1 heterocycles. The maximum absolute atomic E-state index is 11.2. The van der Waals surface area contributed by atoms with Crippen molar-refractivity contribution >= 4 is 17.7 Å². The molecule has 6 heteroatoms. The first kappa shape index (κ1) is 18.4. The molecule has 24 heavy (non-hydrogen) atoms. The lowest BCUT2D eigenvalue weighted by Gasteiger charge is -2.13. The summed E-state index contributed by atoms with van der Waals surface area (Å²) in [4.78, 5) is 19.9. The van der Waals surface area contributed by atoms with E-state index in [1.165, 1.54) is 5.56 Å². The molecule has 0 saturated heterocycles. The lowest BCUT2D eigenvalue weighted by Crippen LogP contribution is -2.36. The van der Waals surface area contributed by atoms with Crippen molar-refractivity contribution in [2.75, 3.05) is 12.0 Å². The van der Waals surface area contributed by atoms with Gasteiger partial charge >= 0.3 is 5.97 Å². The standard InChI is InChI=1S/C18H23N3O2S/c1-24-10-9-16(18(22)23)19-11-15-12-20-17(21-13-15)8-7-14-5-3-2-4-6-14/h2-6,12-13,16,19H,7-11H2,1H3,(H,22,23). The fraction of sp³-hybridized carbons (Fsp3) is 0.389. The van der Waals surface area contributed by atoms with E-state index in [4.69, 9.17) is 0 Å². The number of aromatic nitrogens is 2. The van der Waals surface area contributed by atoms with Crippen LogP contribution in [-0.4, -0.2) is 39.1 Å². The van der Waals surface area contributed by atoms with Crippen molar-refractivity contribution < 1.29 is 9.90 Å². The Balaban J connectivity index is 1.81. The number of aliphatic carboxylic acids is 1. The third kappa shape index (κ3) is 6.29. The van der Waals surface area contributed by atoms with Crippen LogP contribution >= 0.6 is 11.8 Å². The van der Waals surface area contributed by atoms with E-state index in [1.807, 2.05) is 24.5 Å². The summed E-state index contributed by atoms with van der Waals surface area (Å²) in [7, 11) is 0. The molecule has 0 fully saturated rings. The SMILES string of the molecule is CSCCC(NCc1cnc(CCc2ccccc2)nc1)C(=O)O. The summed E-state index contributed by atoms with van der Waals surface area (Å²) in [5.41, 5.74) is 2.17. The number of thioether (sulfide) groups is 1. The van der Waals surface area contributed by atoms with Gasteiger partial charge in [-0.2, -0.15) is 11.8 Å². The van der Waals surface area contributed by atoms with Gasteiger partial charge in [0.15, 0.2) is 0 Å². The van der Waals surface area contributed by atoms with Crippen LogP contribution in [0.2, 0.25) is 0 Å². The van der Waals surface area contributed by atoms with Crippen LogP contribution < -0.4 is 5.32 Å². The number of benzene rings is 1. The van der Waals surface area contributed by atoms with Gasteiger partial charge in [0.05, 0.1) is 0 Å². The van der Waals surface area contributed by atoms with E-state index in [0.717, 1.165) is 30.0 Å². The van der Waals surface area contributed by atoms with Gasteiger partial charge in [0.25, 0.3) is 0 Å². The minimum Gasteiger partial charge on any atom is -0.480 e. The molecular weight excluding hydrogens is 322 g/mol. The molecule has 5 nitrogen and oxygen atoms in total. The molecule has 0 aliphatic heterocycles. The van der Waals surface area contributed by atoms with E-state index in [1.54, 1.807) is 24.2 Å². The Hall–Kier alpha value is -1.92. The molecule has 1 atom stereocenters. The van der Waals surface area contributed by atoms with Crippen molar-refractivity contribution in [3.05, 3.63) is 59.7 Å². The zero-order valence-corrected chi connectivity index (χ0v) is 14.6. The molecule has 2 aromatic rings. The zero-order chi connectivity index (χ0) is 17.2. The maximum Gasteiger partial charge on any atom is 0.320 e. The number of nitrogens with one attached hydrogen (secondary N) is 1. The van der Waals surface area contributed by atoms with E-state index in [2.05, 4.69) is 27.4 Å².